The summed E-state index contributed by atoms with van der Waals surface area (Å²) in [6.07, 6.45) is 4.49. The number of hydrogen-bond acceptors (Lipinski definition) is 3. The number of aliphatic hydroxyl groups is 1. The maximum Gasteiger partial charge on any atom is 0.258 e. The molecule has 1 aliphatic carbocycles. The second-order valence-electron chi connectivity index (χ2n) is 4.60. The van der Waals surface area contributed by atoms with Crippen molar-refractivity contribution in [3.8, 4) is 5.75 Å². The molecule has 0 bridgehead atoms. The number of ether oxygens (including phenoxy) is 1. The van der Waals surface area contributed by atoms with Crippen molar-refractivity contribution < 1.29 is 14.6 Å². The topological polar surface area (TPSA) is 58.6 Å². The minimum absolute atomic E-state index is 0.0573. The van der Waals surface area contributed by atoms with Crippen LogP contribution < -0.4 is 10.1 Å². The number of rotatable bonds is 5. The summed E-state index contributed by atoms with van der Waals surface area (Å²) in [5.74, 6) is 0.252. The molecule has 1 aromatic carbocycles. The first-order valence-electron chi connectivity index (χ1n) is 6.25. The van der Waals surface area contributed by atoms with Crippen LogP contribution in [0.15, 0.2) is 30.4 Å². The predicted molar refractivity (Wildman–Crippen MR) is 78.2 cm³/mol. The van der Waals surface area contributed by atoms with Gasteiger partial charge >= 0.3 is 0 Å². The Kier molecular flexibility index (Phi) is 5.29. The van der Waals surface area contributed by atoms with Gasteiger partial charge in [0.05, 0.1) is 5.02 Å². The van der Waals surface area contributed by atoms with Crippen molar-refractivity contribution in [2.75, 3.05) is 13.2 Å². The normalized spacial score (nSPS) is 20.9. The zero-order valence-corrected chi connectivity index (χ0v) is 12.2. The molecule has 0 unspecified atom stereocenters. The zero-order valence-electron chi connectivity index (χ0n) is 10.7. The van der Waals surface area contributed by atoms with E-state index in [-0.39, 0.29) is 31.1 Å². The highest BCUT2D eigenvalue weighted by Crippen LogP contribution is 2.27. The quantitative estimate of drug-likeness (QED) is 0.820. The van der Waals surface area contributed by atoms with Gasteiger partial charge in [0, 0.05) is 29.7 Å². The summed E-state index contributed by atoms with van der Waals surface area (Å²) >= 11 is 11.8. The number of benzene rings is 1. The van der Waals surface area contributed by atoms with Gasteiger partial charge in [0.2, 0.25) is 0 Å². The van der Waals surface area contributed by atoms with Crippen LogP contribution in [0.4, 0.5) is 0 Å². The largest absolute Gasteiger partial charge is 0.482 e. The number of hydrogen-bond donors (Lipinski definition) is 2. The summed E-state index contributed by atoms with van der Waals surface area (Å²) in [5, 5.41) is 12.7. The highest BCUT2D eigenvalue weighted by atomic mass is 35.5. The van der Waals surface area contributed by atoms with Crippen LogP contribution in [0.1, 0.15) is 6.42 Å². The maximum atomic E-state index is 11.8. The lowest BCUT2D eigenvalue weighted by atomic mass is 10.1. The van der Waals surface area contributed by atoms with Gasteiger partial charge in [-0.05, 0) is 18.6 Å². The van der Waals surface area contributed by atoms with Gasteiger partial charge in [-0.15, -0.1) is 0 Å². The molecule has 2 N–H and O–H groups in total. The molecule has 0 saturated carbocycles. The SMILES string of the molecule is O=C(COc1cc(Cl)ccc1Cl)N[C@@H]1C=C[C@H](CO)C1. The lowest BCUT2D eigenvalue weighted by Crippen LogP contribution is -2.36. The Morgan fingerprint density at radius 3 is 2.90 bits per heavy atom. The van der Waals surface area contributed by atoms with Gasteiger partial charge < -0.3 is 15.2 Å². The fourth-order valence-corrected chi connectivity index (χ4v) is 2.33. The monoisotopic (exact) mass is 315 g/mol. The molecule has 2 rings (SSSR count). The molecule has 1 amide bonds. The van der Waals surface area contributed by atoms with Crippen LogP contribution in [0.25, 0.3) is 0 Å². The molecule has 6 heteroatoms. The highest BCUT2D eigenvalue weighted by Gasteiger charge is 2.19. The van der Waals surface area contributed by atoms with Crippen molar-refractivity contribution in [1.82, 2.24) is 5.32 Å². The Morgan fingerprint density at radius 2 is 2.20 bits per heavy atom. The molecule has 108 valence electrons. The van der Waals surface area contributed by atoms with E-state index in [1.807, 2.05) is 12.2 Å². The van der Waals surface area contributed by atoms with Crippen LogP contribution in [-0.4, -0.2) is 30.3 Å². The molecule has 4 nitrogen and oxygen atoms in total. The maximum absolute atomic E-state index is 11.8. The van der Waals surface area contributed by atoms with Gasteiger partial charge in [0.25, 0.3) is 5.91 Å². The van der Waals surface area contributed by atoms with Gasteiger partial charge in [-0.3, -0.25) is 4.79 Å². The Labute approximate surface area is 127 Å². The van der Waals surface area contributed by atoms with Crippen LogP contribution in [0.5, 0.6) is 5.75 Å². The molecule has 0 heterocycles. The van der Waals surface area contributed by atoms with Crippen LogP contribution in [0, 0.1) is 5.92 Å². The van der Waals surface area contributed by atoms with Crippen LogP contribution >= 0.6 is 23.2 Å². The minimum atomic E-state index is -0.241. The summed E-state index contributed by atoms with van der Waals surface area (Å²) < 4.78 is 5.34. The fourth-order valence-electron chi connectivity index (χ4n) is 2.00. The Balaban J connectivity index is 1.81. The molecular weight excluding hydrogens is 301 g/mol. The Bertz CT molecular complexity index is 519. The summed E-state index contributed by atoms with van der Waals surface area (Å²) in [6.45, 7) is -0.0360. The van der Waals surface area contributed by atoms with Crippen LogP contribution in [-0.2, 0) is 4.79 Å². The molecule has 0 fully saturated rings. The summed E-state index contributed by atoms with van der Waals surface area (Å²) in [7, 11) is 0. The third-order valence-electron chi connectivity index (χ3n) is 3.01. The number of carbonyl (C=O) groups excluding carboxylic acids is 1. The fraction of sp³-hybridized carbons (Fsp3) is 0.357. The number of aliphatic hydroxyl groups excluding tert-OH is 1. The molecule has 1 aliphatic rings. The van der Waals surface area contributed by atoms with E-state index in [9.17, 15) is 4.79 Å². The summed E-state index contributed by atoms with van der Waals surface area (Å²) in [5.41, 5.74) is 0. The van der Waals surface area contributed by atoms with Gasteiger partial charge in [-0.1, -0.05) is 35.4 Å². The Morgan fingerprint density at radius 1 is 1.40 bits per heavy atom. The van der Waals surface area contributed by atoms with Crippen molar-refractivity contribution in [3.63, 3.8) is 0 Å². The van der Waals surface area contributed by atoms with E-state index >= 15 is 0 Å². The molecule has 0 spiro atoms. The second kappa shape index (κ2) is 6.97. The smallest absolute Gasteiger partial charge is 0.258 e. The average Bonchev–Trinajstić information content (AvgIpc) is 2.87. The van der Waals surface area contributed by atoms with E-state index in [0.29, 0.717) is 22.2 Å². The van der Waals surface area contributed by atoms with E-state index in [0.717, 1.165) is 0 Å². The molecule has 0 saturated heterocycles. The summed E-state index contributed by atoms with van der Waals surface area (Å²) in [4.78, 5) is 11.8. The standard InChI is InChI=1S/C14H15Cl2NO3/c15-10-2-4-12(16)13(6-10)20-8-14(19)17-11-3-1-9(5-11)7-18/h1-4,6,9,11,18H,5,7-8H2,(H,17,19)/t9-,11+/m0/s1. The number of halogens is 2. The second-order valence-corrected chi connectivity index (χ2v) is 5.44. The van der Waals surface area contributed by atoms with E-state index in [1.54, 1.807) is 18.2 Å². The van der Waals surface area contributed by atoms with Crippen LogP contribution in [0.2, 0.25) is 10.0 Å². The minimum Gasteiger partial charge on any atom is -0.482 e. The average molecular weight is 316 g/mol. The van der Waals surface area contributed by atoms with E-state index in [1.165, 1.54) is 0 Å². The molecule has 1 aromatic rings. The van der Waals surface area contributed by atoms with Crippen molar-refractivity contribution in [2.45, 2.75) is 12.5 Å². The van der Waals surface area contributed by atoms with Crippen molar-refractivity contribution >= 4 is 29.1 Å². The predicted octanol–water partition coefficient (Wildman–Crippen LogP) is 2.43. The number of carbonyl (C=O) groups is 1. The van der Waals surface area contributed by atoms with Crippen molar-refractivity contribution in [3.05, 3.63) is 40.4 Å². The third kappa shape index (κ3) is 4.13. The molecule has 0 aliphatic heterocycles. The van der Waals surface area contributed by atoms with E-state index < -0.39 is 0 Å². The first-order chi connectivity index (χ1) is 9.58. The lowest BCUT2D eigenvalue weighted by molar-refractivity contribution is -0.123. The van der Waals surface area contributed by atoms with Gasteiger partial charge in [-0.2, -0.15) is 0 Å². The van der Waals surface area contributed by atoms with Gasteiger partial charge in [0.15, 0.2) is 6.61 Å². The number of amides is 1. The van der Waals surface area contributed by atoms with Crippen LogP contribution in [0.3, 0.4) is 0 Å². The van der Waals surface area contributed by atoms with Crippen molar-refractivity contribution in [1.29, 1.82) is 0 Å². The van der Waals surface area contributed by atoms with E-state index in [2.05, 4.69) is 5.32 Å². The first-order valence-corrected chi connectivity index (χ1v) is 7.00. The number of nitrogens with one attached hydrogen (secondary N) is 1. The highest BCUT2D eigenvalue weighted by molar-refractivity contribution is 6.34. The van der Waals surface area contributed by atoms with E-state index in [4.69, 9.17) is 33.0 Å². The lowest BCUT2D eigenvalue weighted by Gasteiger charge is -2.13. The Hall–Kier alpha value is -1.23. The van der Waals surface area contributed by atoms with Crippen molar-refractivity contribution in [2.24, 2.45) is 5.92 Å². The molecular formula is C14H15Cl2NO3. The first kappa shape index (κ1) is 15.2. The molecule has 0 aromatic heterocycles. The van der Waals surface area contributed by atoms with Gasteiger partial charge in [-0.25, -0.2) is 0 Å². The summed E-state index contributed by atoms with van der Waals surface area (Å²) in [6, 6.07) is 4.77. The molecule has 20 heavy (non-hydrogen) atoms. The zero-order chi connectivity index (χ0) is 14.5. The molecule has 2 atom stereocenters. The van der Waals surface area contributed by atoms with Gasteiger partial charge in [0.1, 0.15) is 5.75 Å². The third-order valence-corrected chi connectivity index (χ3v) is 3.55. The molecule has 0 radical (unpaired) electrons.